The molecule has 0 saturated carbocycles. The van der Waals surface area contributed by atoms with Crippen molar-refractivity contribution in [3.05, 3.63) is 16.0 Å². The maximum Gasteiger partial charge on any atom is 0.346 e. The lowest BCUT2D eigenvalue weighted by atomic mass is 10.1. The molecule has 0 radical (unpaired) electrons. The summed E-state index contributed by atoms with van der Waals surface area (Å²) >= 11 is 2.99. The predicted molar refractivity (Wildman–Crippen MR) is 56.4 cm³/mol. The zero-order valence-electron chi connectivity index (χ0n) is 7.70. The van der Waals surface area contributed by atoms with Gasteiger partial charge in [-0.2, -0.15) is 0 Å². The Hall–Kier alpha value is -0.520. The molecule has 0 saturated heterocycles. The Morgan fingerprint density at radius 1 is 1.57 bits per heavy atom. The van der Waals surface area contributed by atoms with Crippen LogP contribution in [0.3, 0.4) is 0 Å². The van der Waals surface area contributed by atoms with E-state index in [-0.39, 0.29) is 0 Å². The summed E-state index contributed by atoms with van der Waals surface area (Å²) in [6.07, 6.45) is 2.82. The number of ether oxygens (including phenoxy) is 1. The van der Waals surface area contributed by atoms with Crippen LogP contribution >= 0.6 is 23.1 Å². The molecule has 1 aromatic heterocycles. The topological polar surface area (TPSA) is 46.5 Å². The number of carboxylic acid groups (broad SMARTS) is 1. The molecule has 5 heteroatoms. The molecule has 0 aromatic carbocycles. The number of aromatic carboxylic acids is 1. The summed E-state index contributed by atoms with van der Waals surface area (Å²) in [4.78, 5) is 11.4. The number of hydrogen-bond donors (Lipinski definition) is 1. The molecule has 0 amide bonds. The first-order valence-electron chi connectivity index (χ1n) is 4.23. The minimum absolute atomic E-state index is 0.448. The molecule has 1 aromatic rings. The first-order valence-corrected chi connectivity index (χ1v) is 6.27. The summed E-state index contributed by atoms with van der Waals surface area (Å²) in [5, 5.41) is 9.00. The molecule has 0 spiro atoms. The number of carbonyl (C=O) groups is 1. The smallest absolute Gasteiger partial charge is 0.346 e. The molecule has 2 heterocycles. The first-order chi connectivity index (χ1) is 6.74. The maximum atomic E-state index is 10.9. The van der Waals surface area contributed by atoms with E-state index in [1.54, 1.807) is 11.8 Å². The van der Waals surface area contributed by atoms with E-state index in [4.69, 9.17) is 9.84 Å². The maximum absolute atomic E-state index is 10.9. The highest BCUT2D eigenvalue weighted by atomic mass is 32.2. The quantitative estimate of drug-likeness (QED) is 0.791. The monoisotopic (exact) mass is 230 g/mol. The second kappa shape index (κ2) is 3.92. The standard InChI is InChI=1S/C9H10O3S2/c1-13-9-5-2-3-12-4-6(5)7(14-9)8(10)11/h2-4H2,1H3,(H,10,11). The Labute approximate surface area is 90.1 Å². The summed E-state index contributed by atoms with van der Waals surface area (Å²) < 4.78 is 6.40. The van der Waals surface area contributed by atoms with Crippen LogP contribution in [0.4, 0.5) is 0 Å². The van der Waals surface area contributed by atoms with Gasteiger partial charge in [0.15, 0.2) is 0 Å². The number of carboxylic acids is 1. The molecule has 1 aliphatic rings. The Balaban J connectivity index is 2.52. The van der Waals surface area contributed by atoms with Gasteiger partial charge in [0.2, 0.25) is 0 Å². The average Bonchev–Trinajstić information content (AvgIpc) is 2.56. The van der Waals surface area contributed by atoms with E-state index in [1.165, 1.54) is 16.9 Å². The molecule has 0 unspecified atom stereocenters. The van der Waals surface area contributed by atoms with Gasteiger partial charge in [0.05, 0.1) is 17.4 Å². The van der Waals surface area contributed by atoms with Crippen LogP contribution in [0.15, 0.2) is 4.21 Å². The van der Waals surface area contributed by atoms with E-state index in [9.17, 15) is 4.79 Å². The van der Waals surface area contributed by atoms with Gasteiger partial charge in [-0.3, -0.25) is 0 Å². The van der Waals surface area contributed by atoms with Crippen LogP contribution in [0.2, 0.25) is 0 Å². The normalized spacial score (nSPS) is 15.2. The van der Waals surface area contributed by atoms with Crippen molar-refractivity contribution in [1.29, 1.82) is 0 Å². The minimum Gasteiger partial charge on any atom is -0.477 e. The van der Waals surface area contributed by atoms with Gasteiger partial charge in [-0.05, 0) is 18.2 Å². The summed E-state index contributed by atoms with van der Waals surface area (Å²) in [5.74, 6) is -0.836. The fourth-order valence-electron chi connectivity index (χ4n) is 1.57. The van der Waals surface area contributed by atoms with Gasteiger partial charge in [0.1, 0.15) is 4.88 Å². The molecule has 1 aliphatic heterocycles. The third kappa shape index (κ3) is 1.55. The van der Waals surface area contributed by atoms with Gasteiger partial charge < -0.3 is 9.84 Å². The van der Waals surface area contributed by atoms with Crippen molar-refractivity contribution >= 4 is 29.1 Å². The van der Waals surface area contributed by atoms with E-state index in [1.807, 2.05) is 6.26 Å². The summed E-state index contributed by atoms with van der Waals surface area (Å²) in [7, 11) is 0. The molecule has 0 aliphatic carbocycles. The van der Waals surface area contributed by atoms with Crippen LogP contribution in [0, 0.1) is 0 Å². The SMILES string of the molecule is CSc1sc(C(=O)O)c2c1CCOC2. The molecule has 1 N–H and O–H groups in total. The number of rotatable bonds is 2. The Morgan fingerprint density at radius 3 is 3.00 bits per heavy atom. The largest absolute Gasteiger partial charge is 0.477 e. The van der Waals surface area contributed by atoms with Gasteiger partial charge in [-0.25, -0.2) is 4.79 Å². The van der Waals surface area contributed by atoms with Crippen molar-refractivity contribution in [2.75, 3.05) is 12.9 Å². The minimum atomic E-state index is -0.836. The van der Waals surface area contributed by atoms with Crippen LogP contribution in [-0.4, -0.2) is 23.9 Å². The van der Waals surface area contributed by atoms with Crippen LogP contribution < -0.4 is 0 Å². The summed E-state index contributed by atoms with van der Waals surface area (Å²) in [5.41, 5.74) is 2.07. The van der Waals surface area contributed by atoms with Crippen molar-refractivity contribution in [3.63, 3.8) is 0 Å². The first kappa shape index (κ1) is 10.0. The van der Waals surface area contributed by atoms with Crippen LogP contribution in [-0.2, 0) is 17.8 Å². The third-order valence-corrected chi connectivity index (χ3v) is 4.63. The number of hydrogen-bond acceptors (Lipinski definition) is 4. The van der Waals surface area contributed by atoms with Crippen molar-refractivity contribution in [2.45, 2.75) is 17.2 Å². The van der Waals surface area contributed by atoms with Crippen molar-refractivity contribution in [1.82, 2.24) is 0 Å². The van der Waals surface area contributed by atoms with E-state index in [2.05, 4.69) is 0 Å². The number of fused-ring (bicyclic) bond motifs is 1. The summed E-state index contributed by atoms with van der Waals surface area (Å²) in [6, 6.07) is 0. The molecule has 76 valence electrons. The average molecular weight is 230 g/mol. The molecule has 3 nitrogen and oxygen atoms in total. The Morgan fingerprint density at radius 2 is 2.36 bits per heavy atom. The highest BCUT2D eigenvalue weighted by Crippen LogP contribution is 2.37. The van der Waals surface area contributed by atoms with Crippen LogP contribution in [0.1, 0.15) is 20.8 Å². The van der Waals surface area contributed by atoms with Gasteiger partial charge in [-0.15, -0.1) is 23.1 Å². The third-order valence-electron chi connectivity index (χ3n) is 2.20. The predicted octanol–water partition coefficient (Wildman–Crippen LogP) is 2.24. The highest BCUT2D eigenvalue weighted by molar-refractivity contribution is 8.00. The lowest BCUT2D eigenvalue weighted by molar-refractivity contribution is 0.0689. The van der Waals surface area contributed by atoms with E-state index in [0.29, 0.717) is 18.1 Å². The Bertz CT molecular complexity index is 370. The molecular weight excluding hydrogens is 220 g/mol. The number of thioether (sulfide) groups is 1. The van der Waals surface area contributed by atoms with Gasteiger partial charge >= 0.3 is 5.97 Å². The van der Waals surface area contributed by atoms with E-state index in [0.717, 1.165) is 16.2 Å². The van der Waals surface area contributed by atoms with Crippen molar-refractivity contribution in [3.8, 4) is 0 Å². The number of thiophene rings is 1. The second-order valence-corrected chi connectivity index (χ2v) is 5.08. The van der Waals surface area contributed by atoms with Gasteiger partial charge in [-0.1, -0.05) is 0 Å². The molecule has 14 heavy (non-hydrogen) atoms. The fourth-order valence-corrected chi connectivity index (χ4v) is 3.55. The Kier molecular flexibility index (Phi) is 2.80. The van der Waals surface area contributed by atoms with E-state index >= 15 is 0 Å². The van der Waals surface area contributed by atoms with Gasteiger partial charge in [0, 0.05) is 5.56 Å². The lowest BCUT2D eigenvalue weighted by Gasteiger charge is -2.13. The fraction of sp³-hybridized carbons (Fsp3) is 0.444. The van der Waals surface area contributed by atoms with E-state index < -0.39 is 5.97 Å². The van der Waals surface area contributed by atoms with Crippen LogP contribution in [0.25, 0.3) is 0 Å². The van der Waals surface area contributed by atoms with Crippen molar-refractivity contribution < 1.29 is 14.6 Å². The molecule has 0 fully saturated rings. The van der Waals surface area contributed by atoms with Crippen molar-refractivity contribution in [2.24, 2.45) is 0 Å². The lowest BCUT2D eigenvalue weighted by Crippen LogP contribution is -2.11. The molecular formula is C9H10O3S2. The zero-order valence-corrected chi connectivity index (χ0v) is 9.33. The highest BCUT2D eigenvalue weighted by Gasteiger charge is 2.24. The molecule has 0 bridgehead atoms. The summed E-state index contributed by atoms with van der Waals surface area (Å²) in [6.45, 7) is 1.16. The second-order valence-electron chi connectivity index (χ2n) is 2.99. The zero-order chi connectivity index (χ0) is 10.1. The molecule has 0 atom stereocenters. The van der Waals surface area contributed by atoms with Gasteiger partial charge in [0.25, 0.3) is 0 Å². The van der Waals surface area contributed by atoms with Crippen LogP contribution in [0.5, 0.6) is 0 Å². The molecule has 2 rings (SSSR count).